The van der Waals surface area contributed by atoms with Crippen molar-refractivity contribution in [3.05, 3.63) is 0 Å². The van der Waals surface area contributed by atoms with Crippen molar-refractivity contribution in [2.75, 3.05) is 0 Å². The number of rotatable bonds is 1. The van der Waals surface area contributed by atoms with Gasteiger partial charge in [0.15, 0.2) is 0 Å². The van der Waals surface area contributed by atoms with Crippen LogP contribution >= 0.6 is 45.9 Å². The molecule has 0 aliphatic heterocycles. The lowest BCUT2D eigenvalue weighted by Crippen LogP contribution is -2.18. The molecule has 0 nitrogen and oxygen atoms in total. The summed E-state index contributed by atoms with van der Waals surface area (Å²) in [5.74, 6) is 0. The Labute approximate surface area is 99.6 Å². The largest absolute Gasteiger partial charge is 0.270 e. The average Bonchev–Trinajstić information content (AvgIpc) is 1.81. The molecule has 0 aromatic rings. The number of hydrogen-bond donors (Lipinski definition) is 0. The quantitative estimate of drug-likeness (QED) is 0.433. The lowest BCUT2D eigenvalue weighted by molar-refractivity contribution is 0.502. The van der Waals surface area contributed by atoms with Crippen LogP contribution in [0.4, 0.5) is 0 Å². The first-order chi connectivity index (χ1) is 5.61. The topological polar surface area (TPSA) is 0 Å². The lowest BCUT2D eigenvalue weighted by Gasteiger charge is -2.25. The molecule has 1 fully saturated rings. The van der Waals surface area contributed by atoms with E-state index in [1.54, 1.807) is 0 Å². The Morgan fingerprint density at radius 2 is 1.17 bits per heavy atom. The van der Waals surface area contributed by atoms with E-state index in [1.807, 2.05) is 0 Å². The molecule has 12 heavy (non-hydrogen) atoms. The molecule has 0 spiro atoms. The summed E-state index contributed by atoms with van der Waals surface area (Å²) in [6, 6.07) is 0. The van der Waals surface area contributed by atoms with E-state index in [0.29, 0.717) is 0 Å². The van der Waals surface area contributed by atoms with Gasteiger partial charge in [0.1, 0.15) is 0 Å². The molecule has 72 valence electrons. The van der Waals surface area contributed by atoms with E-state index in [2.05, 4.69) is 45.9 Å². The Morgan fingerprint density at radius 1 is 0.750 bits per heavy atom. The minimum absolute atomic E-state index is 0.873. The summed E-state index contributed by atoms with van der Waals surface area (Å²) >= 11 is 11.3. The van der Waals surface area contributed by atoms with Crippen LogP contribution in [-0.2, 0) is 0 Å². The Hall–Kier alpha value is 1.66. The Kier molecular flexibility index (Phi) is 5.39. The molecule has 1 saturated carbocycles. The van der Waals surface area contributed by atoms with Crippen LogP contribution in [0.2, 0.25) is 5.54 Å². The molecular formula is C8H15Br3Si. The zero-order chi connectivity index (χ0) is 9.03. The average molecular weight is 379 g/mol. The van der Waals surface area contributed by atoms with E-state index in [-0.39, 0.29) is 0 Å². The molecule has 4 heteroatoms. The molecule has 0 bridgehead atoms. The molecule has 0 radical (unpaired) electrons. The first-order valence-electron chi connectivity index (χ1n) is 4.67. The van der Waals surface area contributed by atoms with Gasteiger partial charge in [-0.25, -0.2) is 0 Å². The van der Waals surface area contributed by atoms with Gasteiger partial charge in [0.25, 0.3) is 3.93 Å². The zero-order valence-corrected chi connectivity index (χ0v) is 12.9. The lowest BCUT2D eigenvalue weighted by atomic mass is 10.0. The highest BCUT2D eigenvalue weighted by Crippen LogP contribution is 2.45. The summed E-state index contributed by atoms with van der Waals surface area (Å²) in [6.45, 7) is 0. The van der Waals surface area contributed by atoms with Crippen LogP contribution in [-0.4, -0.2) is 3.93 Å². The fourth-order valence-corrected chi connectivity index (χ4v) is 6.97. The molecule has 0 heterocycles. The van der Waals surface area contributed by atoms with Gasteiger partial charge in [0, 0.05) is 0 Å². The normalized spacial score (nSPS) is 23.2. The van der Waals surface area contributed by atoms with Crippen LogP contribution in [0.25, 0.3) is 0 Å². The van der Waals surface area contributed by atoms with Gasteiger partial charge >= 0.3 is 0 Å². The van der Waals surface area contributed by atoms with Gasteiger partial charge in [-0.05, 0) is 5.54 Å². The summed E-state index contributed by atoms with van der Waals surface area (Å²) in [5, 5.41) is 0. The summed E-state index contributed by atoms with van der Waals surface area (Å²) in [6.07, 6.45) is 9.96. The molecule has 1 aliphatic carbocycles. The Morgan fingerprint density at radius 3 is 1.58 bits per heavy atom. The predicted octanol–water partition coefficient (Wildman–Crippen LogP) is 5.22. The molecule has 0 N–H and O–H groups in total. The van der Waals surface area contributed by atoms with E-state index >= 15 is 0 Å². The van der Waals surface area contributed by atoms with E-state index in [9.17, 15) is 0 Å². The van der Waals surface area contributed by atoms with E-state index < -0.39 is 3.93 Å². The minimum Gasteiger partial charge on any atom is -0.0961 e. The van der Waals surface area contributed by atoms with Crippen molar-refractivity contribution in [3.63, 3.8) is 0 Å². The molecule has 1 rings (SSSR count). The standard InChI is InChI=1S/C8H15Br3Si/c9-12(10,11)8-6-4-2-1-3-5-7-8/h8H,1-7H2. The van der Waals surface area contributed by atoms with Crippen LogP contribution in [0.3, 0.4) is 0 Å². The van der Waals surface area contributed by atoms with Crippen LogP contribution < -0.4 is 0 Å². The van der Waals surface area contributed by atoms with E-state index in [4.69, 9.17) is 0 Å². The van der Waals surface area contributed by atoms with Crippen molar-refractivity contribution in [3.8, 4) is 0 Å². The fraction of sp³-hybridized carbons (Fsp3) is 1.00. The first kappa shape index (κ1) is 11.7. The van der Waals surface area contributed by atoms with Crippen molar-refractivity contribution in [2.24, 2.45) is 0 Å². The zero-order valence-electron chi connectivity index (χ0n) is 7.16. The third-order valence-corrected chi connectivity index (χ3v) is 9.90. The summed E-state index contributed by atoms with van der Waals surface area (Å²) in [7, 11) is 0. The summed E-state index contributed by atoms with van der Waals surface area (Å²) < 4.78 is -1.37. The van der Waals surface area contributed by atoms with Crippen molar-refractivity contribution in [1.29, 1.82) is 0 Å². The van der Waals surface area contributed by atoms with Crippen molar-refractivity contribution >= 4 is 49.8 Å². The Balaban J connectivity index is 2.40. The second kappa shape index (κ2) is 5.52. The van der Waals surface area contributed by atoms with Crippen LogP contribution in [0, 0.1) is 0 Å². The monoisotopic (exact) mass is 376 g/mol. The van der Waals surface area contributed by atoms with Gasteiger partial charge in [-0.15, -0.1) is 0 Å². The second-order valence-corrected chi connectivity index (χ2v) is 26.3. The predicted molar refractivity (Wildman–Crippen MR) is 68.6 cm³/mol. The van der Waals surface area contributed by atoms with Crippen LogP contribution in [0.1, 0.15) is 44.9 Å². The smallest absolute Gasteiger partial charge is 0.0961 e. The van der Waals surface area contributed by atoms with Crippen LogP contribution in [0.15, 0.2) is 0 Å². The first-order valence-corrected chi connectivity index (χ1v) is 13.5. The van der Waals surface area contributed by atoms with Gasteiger partial charge < -0.3 is 0 Å². The van der Waals surface area contributed by atoms with Crippen LogP contribution in [0.5, 0.6) is 0 Å². The molecule has 0 aromatic heterocycles. The third kappa shape index (κ3) is 4.25. The van der Waals surface area contributed by atoms with Crippen molar-refractivity contribution in [1.82, 2.24) is 0 Å². The van der Waals surface area contributed by atoms with E-state index in [0.717, 1.165) is 5.54 Å². The van der Waals surface area contributed by atoms with Gasteiger partial charge in [-0.2, -0.15) is 0 Å². The third-order valence-electron chi connectivity index (χ3n) is 2.57. The number of hydrogen-bond acceptors (Lipinski definition) is 0. The van der Waals surface area contributed by atoms with Gasteiger partial charge in [0.2, 0.25) is 0 Å². The van der Waals surface area contributed by atoms with Gasteiger partial charge in [-0.1, -0.05) is 90.8 Å². The highest BCUT2D eigenvalue weighted by Gasteiger charge is 2.33. The maximum absolute atomic E-state index is 3.77. The molecule has 0 saturated heterocycles. The molecule has 0 aromatic carbocycles. The maximum atomic E-state index is 3.77. The second-order valence-electron chi connectivity index (χ2n) is 3.58. The summed E-state index contributed by atoms with van der Waals surface area (Å²) in [5.41, 5.74) is 0.873. The van der Waals surface area contributed by atoms with E-state index in [1.165, 1.54) is 44.9 Å². The van der Waals surface area contributed by atoms with Gasteiger partial charge in [-0.3, -0.25) is 0 Å². The minimum atomic E-state index is -1.37. The molecule has 0 unspecified atom stereocenters. The number of halogens is 3. The van der Waals surface area contributed by atoms with Crippen molar-refractivity contribution < 1.29 is 0 Å². The summed E-state index contributed by atoms with van der Waals surface area (Å²) in [4.78, 5) is 0. The molecule has 0 amide bonds. The maximum Gasteiger partial charge on any atom is 0.270 e. The highest BCUT2D eigenvalue weighted by molar-refractivity contribution is 9.72. The molecule has 1 aliphatic rings. The Bertz CT molecular complexity index is 125. The van der Waals surface area contributed by atoms with Gasteiger partial charge in [0.05, 0.1) is 0 Å². The fourth-order valence-electron chi connectivity index (χ4n) is 1.78. The molecule has 0 atom stereocenters. The van der Waals surface area contributed by atoms with Crippen molar-refractivity contribution in [2.45, 2.75) is 50.5 Å². The SMILES string of the molecule is Br[Si](Br)(Br)C1CCCCCCC1. The highest BCUT2D eigenvalue weighted by atomic mass is 80.0. The molecular weight excluding hydrogens is 364 g/mol.